The minimum atomic E-state index is 0.470. The molecule has 0 aliphatic heterocycles. The van der Waals surface area contributed by atoms with Gasteiger partial charge >= 0.3 is 0 Å². The van der Waals surface area contributed by atoms with Gasteiger partial charge in [0.25, 0.3) is 0 Å². The first-order valence-corrected chi connectivity index (χ1v) is 11.5. The van der Waals surface area contributed by atoms with E-state index in [-0.39, 0.29) is 0 Å². The number of rotatable bonds is 9. The van der Waals surface area contributed by atoms with Crippen molar-refractivity contribution < 1.29 is 13.7 Å². The highest BCUT2D eigenvalue weighted by Gasteiger charge is 2.21. The number of benzene rings is 2. The molecular formula is C22H27BrN2O3S. The fraction of sp³-hybridized carbons (Fsp3) is 0.409. The SMILES string of the molecule is COCCn1c(-c2ccc(C(C)C)cc2)nc2c(Br)c(COSC)cc(OC)c21. The van der Waals surface area contributed by atoms with Gasteiger partial charge in [0.1, 0.15) is 22.6 Å². The molecular weight excluding hydrogens is 452 g/mol. The van der Waals surface area contributed by atoms with Gasteiger partial charge in [-0.05, 0) is 51.1 Å². The summed E-state index contributed by atoms with van der Waals surface area (Å²) in [6.07, 6.45) is 1.90. The van der Waals surface area contributed by atoms with Gasteiger partial charge in [-0.2, -0.15) is 0 Å². The van der Waals surface area contributed by atoms with Crippen LogP contribution < -0.4 is 4.74 Å². The number of imidazole rings is 1. The lowest BCUT2D eigenvalue weighted by atomic mass is 10.0. The molecule has 0 amide bonds. The standard InChI is InChI=1S/C22H27BrN2O3S/c1-14(2)15-6-8-16(9-7-15)22-24-20-19(23)17(13-28-29-5)12-18(27-4)21(20)25(22)10-11-26-3/h6-9,12,14H,10-11,13H2,1-5H3. The van der Waals surface area contributed by atoms with Crippen molar-refractivity contribution in [3.05, 3.63) is 45.9 Å². The van der Waals surface area contributed by atoms with E-state index in [2.05, 4.69) is 58.6 Å². The molecule has 0 spiro atoms. The highest BCUT2D eigenvalue weighted by molar-refractivity contribution is 9.10. The molecule has 3 aromatic rings. The van der Waals surface area contributed by atoms with Crippen molar-refractivity contribution in [3.8, 4) is 17.1 Å². The number of hydrogen-bond donors (Lipinski definition) is 0. The number of ether oxygens (including phenoxy) is 2. The molecule has 7 heteroatoms. The molecule has 0 radical (unpaired) electrons. The first-order chi connectivity index (χ1) is 14.0. The molecule has 156 valence electrons. The molecule has 5 nitrogen and oxygen atoms in total. The van der Waals surface area contributed by atoms with Crippen molar-refractivity contribution in [1.29, 1.82) is 0 Å². The molecule has 0 bridgehead atoms. The van der Waals surface area contributed by atoms with Crippen molar-refractivity contribution in [2.75, 3.05) is 27.1 Å². The van der Waals surface area contributed by atoms with Gasteiger partial charge in [-0.1, -0.05) is 38.1 Å². The van der Waals surface area contributed by atoms with Gasteiger partial charge in [0.2, 0.25) is 0 Å². The van der Waals surface area contributed by atoms with E-state index in [0.29, 0.717) is 25.7 Å². The summed E-state index contributed by atoms with van der Waals surface area (Å²) >= 11 is 5.08. The second-order valence-electron chi connectivity index (χ2n) is 7.03. The molecule has 0 aliphatic carbocycles. The van der Waals surface area contributed by atoms with Gasteiger partial charge in [0, 0.05) is 25.5 Å². The van der Waals surface area contributed by atoms with Gasteiger partial charge in [0.05, 0.1) is 24.8 Å². The average molecular weight is 479 g/mol. The first kappa shape index (κ1) is 22.2. The Labute approximate surface area is 185 Å². The van der Waals surface area contributed by atoms with Crippen LogP contribution in [0.2, 0.25) is 0 Å². The molecule has 1 aromatic heterocycles. The molecule has 0 fully saturated rings. The van der Waals surface area contributed by atoms with Crippen LogP contribution in [0.5, 0.6) is 5.75 Å². The quantitative estimate of drug-likeness (QED) is 0.350. The van der Waals surface area contributed by atoms with Gasteiger partial charge in [-0.15, -0.1) is 0 Å². The maximum atomic E-state index is 5.74. The number of methoxy groups -OCH3 is 2. The van der Waals surface area contributed by atoms with E-state index in [1.54, 1.807) is 14.2 Å². The Morgan fingerprint density at radius 2 is 1.90 bits per heavy atom. The first-order valence-electron chi connectivity index (χ1n) is 9.52. The third kappa shape index (κ3) is 4.63. The second kappa shape index (κ2) is 9.98. The topological polar surface area (TPSA) is 45.5 Å². The largest absolute Gasteiger partial charge is 0.494 e. The summed E-state index contributed by atoms with van der Waals surface area (Å²) < 4.78 is 19.8. The predicted octanol–water partition coefficient (Wildman–Crippen LogP) is 6.04. The van der Waals surface area contributed by atoms with Crippen molar-refractivity contribution in [2.24, 2.45) is 0 Å². The Morgan fingerprint density at radius 1 is 1.17 bits per heavy atom. The molecule has 0 N–H and O–H groups in total. The lowest BCUT2D eigenvalue weighted by molar-refractivity contribution is 0.188. The van der Waals surface area contributed by atoms with E-state index in [1.807, 2.05) is 12.3 Å². The van der Waals surface area contributed by atoms with Crippen molar-refractivity contribution >= 4 is 39.0 Å². The number of hydrogen-bond acceptors (Lipinski definition) is 5. The van der Waals surface area contributed by atoms with E-state index >= 15 is 0 Å². The zero-order valence-electron chi connectivity index (χ0n) is 17.5. The number of nitrogens with zero attached hydrogens (tertiary/aromatic N) is 2. The van der Waals surface area contributed by atoms with Crippen molar-refractivity contribution in [1.82, 2.24) is 9.55 Å². The van der Waals surface area contributed by atoms with E-state index in [9.17, 15) is 0 Å². The van der Waals surface area contributed by atoms with Gasteiger partial charge in [0.15, 0.2) is 0 Å². The summed E-state index contributed by atoms with van der Waals surface area (Å²) in [6.45, 7) is 6.13. The Hall–Kier alpha value is -1.54. The molecule has 0 saturated carbocycles. The summed E-state index contributed by atoms with van der Waals surface area (Å²) in [5, 5.41) is 0. The van der Waals surface area contributed by atoms with Crippen LogP contribution in [0.4, 0.5) is 0 Å². The zero-order valence-corrected chi connectivity index (χ0v) is 19.9. The Kier molecular flexibility index (Phi) is 7.62. The number of fused-ring (bicyclic) bond motifs is 1. The molecule has 29 heavy (non-hydrogen) atoms. The summed E-state index contributed by atoms with van der Waals surface area (Å²) in [7, 11) is 3.40. The van der Waals surface area contributed by atoms with Crippen LogP contribution in [-0.2, 0) is 22.1 Å². The summed E-state index contributed by atoms with van der Waals surface area (Å²) in [4.78, 5) is 5.01. The summed E-state index contributed by atoms with van der Waals surface area (Å²) in [6, 6.07) is 10.6. The molecule has 2 aromatic carbocycles. The monoisotopic (exact) mass is 478 g/mol. The smallest absolute Gasteiger partial charge is 0.145 e. The van der Waals surface area contributed by atoms with E-state index in [0.717, 1.165) is 38.2 Å². The van der Waals surface area contributed by atoms with Crippen LogP contribution in [0.1, 0.15) is 30.9 Å². The minimum Gasteiger partial charge on any atom is -0.494 e. The zero-order chi connectivity index (χ0) is 21.0. The van der Waals surface area contributed by atoms with Gasteiger partial charge in [-0.25, -0.2) is 4.98 Å². The molecule has 3 rings (SSSR count). The Morgan fingerprint density at radius 3 is 2.48 bits per heavy atom. The van der Waals surface area contributed by atoms with E-state index in [1.165, 1.54) is 17.6 Å². The molecule has 1 heterocycles. The van der Waals surface area contributed by atoms with Crippen LogP contribution in [0.25, 0.3) is 22.4 Å². The number of halogens is 1. The maximum absolute atomic E-state index is 5.74. The minimum absolute atomic E-state index is 0.470. The lowest BCUT2D eigenvalue weighted by Gasteiger charge is -2.13. The molecule has 0 saturated heterocycles. The molecule has 0 aliphatic rings. The van der Waals surface area contributed by atoms with Crippen LogP contribution in [0.3, 0.4) is 0 Å². The van der Waals surface area contributed by atoms with Gasteiger partial charge < -0.3 is 18.2 Å². The third-order valence-electron chi connectivity index (χ3n) is 4.90. The van der Waals surface area contributed by atoms with E-state index < -0.39 is 0 Å². The highest BCUT2D eigenvalue weighted by atomic mass is 79.9. The van der Waals surface area contributed by atoms with Crippen LogP contribution in [0, 0.1) is 0 Å². The molecule has 0 atom stereocenters. The second-order valence-corrected chi connectivity index (χ2v) is 8.40. The average Bonchev–Trinajstić information content (AvgIpc) is 3.12. The third-order valence-corrected chi connectivity index (χ3v) is 6.14. The highest BCUT2D eigenvalue weighted by Crippen LogP contribution is 2.38. The molecule has 0 unspecified atom stereocenters. The van der Waals surface area contributed by atoms with Crippen LogP contribution in [-0.4, -0.2) is 36.6 Å². The predicted molar refractivity (Wildman–Crippen MR) is 124 cm³/mol. The Balaban J connectivity index is 2.21. The van der Waals surface area contributed by atoms with Crippen molar-refractivity contribution in [3.63, 3.8) is 0 Å². The van der Waals surface area contributed by atoms with Crippen LogP contribution in [0.15, 0.2) is 34.8 Å². The maximum Gasteiger partial charge on any atom is 0.145 e. The number of aromatic nitrogens is 2. The Bertz CT molecular complexity index is 971. The fourth-order valence-corrected chi connectivity index (χ4v) is 4.07. The summed E-state index contributed by atoms with van der Waals surface area (Å²) in [5.74, 6) is 2.16. The van der Waals surface area contributed by atoms with Crippen molar-refractivity contribution in [2.45, 2.75) is 32.9 Å². The van der Waals surface area contributed by atoms with Crippen LogP contribution >= 0.6 is 28.0 Å². The normalized spacial score (nSPS) is 11.6. The van der Waals surface area contributed by atoms with E-state index in [4.69, 9.17) is 18.6 Å². The fourth-order valence-electron chi connectivity index (χ4n) is 3.32. The summed E-state index contributed by atoms with van der Waals surface area (Å²) in [5.41, 5.74) is 5.19. The van der Waals surface area contributed by atoms with Gasteiger partial charge in [-0.3, -0.25) is 0 Å². The lowest BCUT2D eigenvalue weighted by Crippen LogP contribution is -2.07.